The van der Waals surface area contributed by atoms with Crippen LogP contribution in [0.3, 0.4) is 0 Å². The minimum Gasteiger partial charge on any atom is -0.508 e. The Balaban J connectivity index is 1.93. The van der Waals surface area contributed by atoms with E-state index in [0.717, 1.165) is 0 Å². The summed E-state index contributed by atoms with van der Waals surface area (Å²) in [5, 5.41) is 30.3. The molecule has 30 heavy (non-hydrogen) atoms. The summed E-state index contributed by atoms with van der Waals surface area (Å²) in [6, 6.07) is 9.31. The summed E-state index contributed by atoms with van der Waals surface area (Å²) < 4.78 is 11.4. The number of phenolic OH excluding ortho intramolecular Hbond substituents is 3. The number of hydrogen-bond acceptors (Lipinski definition) is 7. The van der Waals surface area contributed by atoms with Gasteiger partial charge in [-0.05, 0) is 52.0 Å². The first kappa shape index (κ1) is 21.5. The number of aromatic hydroxyl groups is 3. The number of benzene rings is 2. The Bertz CT molecular complexity index is 1080. The molecule has 0 bridgehead atoms. The maximum absolute atomic E-state index is 12.7. The molecule has 2 aromatic carbocycles. The molecule has 0 amide bonds. The van der Waals surface area contributed by atoms with Crippen molar-refractivity contribution >= 4 is 11.0 Å². The minimum absolute atomic E-state index is 0.0407. The van der Waals surface area contributed by atoms with Crippen LogP contribution in [0.5, 0.6) is 23.0 Å². The lowest BCUT2D eigenvalue weighted by molar-refractivity contribution is 0.139. The van der Waals surface area contributed by atoms with Crippen LogP contribution in [0.25, 0.3) is 22.3 Å². The van der Waals surface area contributed by atoms with Gasteiger partial charge in [0.15, 0.2) is 16.9 Å². The summed E-state index contributed by atoms with van der Waals surface area (Å²) in [7, 11) is 0. The summed E-state index contributed by atoms with van der Waals surface area (Å²) >= 11 is 0. The van der Waals surface area contributed by atoms with E-state index in [-0.39, 0.29) is 40.6 Å². The third kappa shape index (κ3) is 4.36. The predicted molar refractivity (Wildman–Crippen MR) is 115 cm³/mol. The largest absolute Gasteiger partial charge is 0.508 e. The quantitative estimate of drug-likeness (QED) is 0.536. The van der Waals surface area contributed by atoms with Crippen molar-refractivity contribution in [3.63, 3.8) is 0 Å². The van der Waals surface area contributed by atoms with Crippen LogP contribution in [0, 0.1) is 0 Å². The first-order valence-corrected chi connectivity index (χ1v) is 9.89. The number of fused-ring (bicyclic) bond motifs is 1. The molecule has 0 atom stereocenters. The Labute approximate surface area is 174 Å². The highest BCUT2D eigenvalue weighted by molar-refractivity contribution is 5.89. The van der Waals surface area contributed by atoms with Gasteiger partial charge in [-0.1, -0.05) is 0 Å². The Morgan fingerprint density at radius 3 is 2.23 bits per heavy atom. The zero-order valence-electron chi connectivity index (χ0n) is 17.5. The third-order valence-corrected chi connectivity index (χ3v) is 5.00. The first-order chi connectivity index (χ1) is 14.2. The molecule has 0 aliphatic carbocycles. The van der Waals surface area contributed by atoms with E-state index < -0.39 is 11.2 Å². The van der Waals surface area contributed by atoms with Crippen LogP contribution in [-0.2, 0) is 0 Å². The van der Waals surface area contributed by atoms with E-state index >= 15 is 0 Å². The van der Waals surface area contributed by atoms with Gasteiger partial charge in [-0.3, -0.25) is 9.69 Å². The van der Waals surface area contributed by atoms with Crippen LogP contribution >= 0.6 is 0 Å². The van der Waals surface area contributed by atoms with Gasteiger partial charge in [0, 0.05) is 36.3 Å². The van der Waals surface area contributed by atoms with Gasteiger partial charge in [0.05, 0.1) is 0 Å². The molecule has 3 rings (SSSR count). The maximum atomic E-state index is 12.7. The first-order valence-electron chi connectivity index (χ1n) is 9.89. The predicted octanol–water partition coefficient (Wildman–Crippen LogP) is 4.07. The minimum atomic E-state index is -0.465. The standard InChI is InChI=1S/C23H27NO6/c1-13(2)24(14(3)4)9-10-29-23-18(27)12-20-21(22(23)28)17(26)11-19(30-20)15-5-7-16(25)8-6-15/h5-8,11-14,25,27-28H,9-10H2,1-4H3. The fraction of sp³-hybridized carbons (Fsp3) is 0.348. The Morgan fingerprint density at radius 1 is 1.00 bits per heavy atom. The molecule has 0 fully saturated rings. The molecule has 0 spiro atoms. The fourth-order valence-corrected chi connectivity index (χ4v) is 3.55. The Hall–Kier alpha value is -3.19. The van der Waals surface area contributed by atoms with Crippen molar-refractivity contribution in [2.75, 3.05) is 13.2 Å². The smallest absolute Gasteiger partial charge is 0.204 e. The lowest BCUT2D eigenvalue weighted by Crippen LogP contribution is -2.39. The molecule has 0 aliphatic rings. The average Bonchev–Trinajstić information content (AvgIpc) is 2.66. The Kier molecular flexibility index (Phi) is 6.22. The van der Waals surface area contributed by atoms with E-state index in [9.17, 15) is 20.1 Å². The summed E-state index contributed by atoms with van der Waals surface area (Å²) in [5.41, 5.74) is 0.153. The third-order valence-electron chi connectivity index (χ3n) is 5.00. The summed E-state index contributed by atoms with van der Waals surface area (Å²) in [6.07, 6.45) is 0. The second kappa shape index (κ2) is 8.67. The van der Waals surface area contributed by atoms with Gasteiger partial charge in [-0.15, -0.1) is 0 Å². The van der Waals surface area contributed by atoms with Crippen LogP contribution in [-0.4, -0.2) is 45.5 Å². The van der Waals surface area contributed by atoms with Crippen LogP contribution < -0.4 is 10.2 Å². The van der Waals surface area contributed by atoms with Gasteiger partial charge in [0.1, 0.15) is 29.1 Å². The van der Waals surface area contributed by atoms with Gasteiger partial charge < -0.3 is 24.5 Å². The summed E-state index contributed by atoms with van der Waals surface area (Å²) in [4.78, 5) is 14.9. The van der Waals surface area contributed by atoms with E-state index in [2.05, 4.69) is 32.6 Å². The highest BCUT2D eigenvalue weighted by Crippen LogP contribution is 2.41. The fourth-order valence-electron chi connectivity index (χ4n) is 3.55. The van der Waals surface area contributed by atoms with Crippen LogP contribution in [0.2, 0.25) is 0 Å². The van der Waals surface area contributed by atoms with Gasteiger partial charge in [-0.25, -0.2) is 0 Å². The van der Waals surface area contributed by atoms with E-state index in [1.54, 1.807) is 12.1 Å². The normalized spacial score (nSPS) is 11.7. The van der Waals surface area contributed by atoms with Gasteiger partial charge in [-0.2, -0.15) is 0 Å². The zero-order valence-corrected chi connectivity index (χ0v) is 17.5. The van der Waals surface area contributed by atoms with Crippen molar-refractivity contribution in [1.82, 2.24) is 4.90 Å². The highest BCUT2D eigenvalue weighted by Gasteiger charge is 2.20. The van der Waals surface area contributed by atoms with Gasteiger partial charge in [0.25, 0.3) is 0 Å². The van der Waals surface area contributed by atoms with Crippen molar-refractivity contribution in [3.05, 3.63) is 46.6 Å². The topological polar surface area (TPSA) is 103 Å². The van der Waals surface area contributed by atoms with Crippen molar-refractivity contribution in [2.24, 2.45) is 0 Å². The molecule has 1 heterocycles. The van der Waals surface area contributed by atoms with Crippen molar-refractivity contribution in [3.8, 4) is 34.3 Å². The molecule has 7 nitrogen and oxygen atoms in total. The van der Waals surface area contributed by atoms with Gasteiger partial charge >= 0.3 is 0 Å². The monoisotopic (exact) mass is 413 g/mol. The molecular formula is C23H27NO6. The highest BCUT2D eigenvalue weighted by atomic mass is 16.5. The van der Waals surface area contributed by atoms with E-state index in [1.165, 1.54) is 24.3 Å². The second-order valence-electron chi connectivity index (χ2n) is 7.74. The summed E-state index contributed by atoms with van der Waals surface area (Å²) in [5.74, 6) is -0.556. The lowest BCUT2D eigenvalue weighted by Gasteiger charge is -2.30. The number of ether oxygens (including phenoxy) is 1. The molecule has 0 saturated heterocycles. The SMILES string of the molecule is CC(C)N(CCOc1c(O)cc2oc(-c3ccc(O)cc3)cc(=O)c2c1O)C(C)C. The van der Waals surface area contributed by atoms with Crippen LogP contribution in [0.4, 0.5) is 0 Å². The number of phenols is 3. The number of nitrogens with zero attached hydrogens (tertiary/aromatic N) is 1. The van der Waals surface area contributed by atoms with Crippen molar-refractivity contribution < 1.29 is 24.5 Å². The number of rotatable bonds is 7. The number of hydrogen-bond donors (Lipinski definition) is 3. The summed E-state index contributed by atoms with van der Waals surface area (Å²) in [6.45, 7) is 9.17. The molecule has 3 aromatic rings. The molecule has 0 saturated carbocycles. The zero-order chi connectivity index (χ0) is 22.0. The molecule has 0 aliphatic heterocycles. The average molecular weight is 413 g/mol. The molecule has 3 N–H and O–H groups in total. The molecule has 0 unspecified atom stereocenters. The molecular weight excluding hydrogens is 386 g/mol. The van der Waals surface area contributed by atoms with Crippen molar-refractivity contribution in [1.29, 1.82) is 0 Å². The van der Waals surface area contributed by atoms with Crippen molar-refractivity contribution in [2.45, 2.75) is 39.8 Å². The Morgan fingerprint density at radius 2 is 1.63 bits per heavy atom. The van der Waals surface area contributed by atoms with E-state index in [0.29, 0.717) is 24.2 Å². The maximum Gasteiger partial charge on any atom is 0.204 e. The van der Waals surface area contributed by atoms with E-state index in [1.807, 2.05) is 0 Å². The second-order valence-corrected chi connectivity index (χ2v) is 7.74. The molecule has 1 aromatic heterocycles. The van der Waals surface area contributed by atoms with E-state index in [4.69, 9.17) is 9.15 Å². The molecule has 0 radical (unpaired) electrons. The van der Waals surface area contributed by atoms with Crippen LogP contribution in [0.15, 0.2) is 45.6 Å². The van der Waals surface area contributed by atoms with Gasteiger partial charge in [0.2, 0.25) is 5.75 Å². The molecule has 7 heteroatoms. The molecule has 160 valence electrons. The van der Waals surface area contributed by atoms with Crippen LogP contribution in [0.1, 0.15) is 27.7 Å². The lowest BCUT2D eigenvalue weighted by atomic mass is 10.1.